The summed E-state index contributed by atoms with van der Waals surface area (Å²) in [5, 5.41) is 9.82. The summed E-state index contributed by atoms with van der Waals surface area (Å²) in [5.74, 6) is 0.0124. The zero-order valence-corrected chi connectivity index (χ0v) is 19.8. The van der Waals surface area contributed by atoms with Gasteiger partial charge < -0.3 is 14.7 Å². The molecule has 0 amide bonds. The van der Waals surface area contributed by atoms with Crippen molar-refractivity contribution in [3.05, 3.63) is 83.9 Å². The second kappa shape index (κ2) is 10.2. The number of nitrogens with zero attached hydrogens (tertiary/aromatic N) is 1. The minimum atomic E-state index is -3.87. The van der Waals surface area contributed by atoms with Crippen molar-refractivity contribution in [2.24, 2.45) is 5.92 Å². The number of nitrogens with one attached hydrogen (secondary N) is 1. The van der Waals surface area contributed by atoms with Gasteiger partial charge >= 0.3 is 5.97 Å². The Hall–Kier alpha value is -3.52. The van der Waals surface area contributed by atoms with E-state index in [1.165, 1.54) is 30.9 Å². The first-order valence-electron chi connectivity index (χ1n) is 11.2. The summed E-state index contributed by atoms with van der Waals surface area (Å²) in [7, 11) is -2.37. The molecule has 0 saturated carbocycles. The van der Waals surface area contributed by atoms with E-state index in [2.05, 4.69) is 21.8 Å². The first-order valence-corrected chi connectivity index (χ1v) is 12.7. The van der Waals surface area contributed by atoms with Crippen LogP contribution in [-0.2, 0) is 16.4 Å². The summed E-state index contributed by atoms with van der Waals surface area (Å²) in [4.78, 5) is 14.2. The number of anilines is 2. The molecule has 3 aromatic rings. The summed E-state index contributed by atoms with van der Waals surface area (Å²) in [6.07, 6.45) is 2.96. The van der Waals surface area contributed by atoms with Crippen LogP contribution in [0.1, 0.15) is 28.8 Å². The maximum Gasteiger partial charge on any atom is 0.337 e. The van der Waals surface area contributed by atoms with Crippen LogP contribution in [0.5, 0.6) is 5.75 Å². The number of carbonyl (C=O) groups is 1. The largest absolute Gasteiger partial charge is 0.497 e. The highest BCUT2D eigenvalue weighted by atomic mass is 32.2. The lowest BCUT2D eigenvalue weighted by molar-refractivity contribution is 0.0697. The van der Waals surface area contributed by atoms with Crippen LogP contribution >= 0.6 is 0 Å². The summed E-state index contributed by atoms with van der Waals surface area (Å²) in [6.45, 7) is 1.52. The van der Waals surface area contributed by atoms with E-state index in [4.69, 9.17) is 4.74 Å². The summed E-state index contributed by atoms with van der Waals surface area (Å²) in [6, 6.07) is 21.1. The molecule has 0 spiro atoms. The number of sulfonamides is 1. The minimum absolute atomic E-state index is 0.0646. The first kappa shape index (κ1) is 23.6. The zero-order chi connectivity index (χ0) is 24.1. The Morgan fingerprint density at radius 3 is 2.32 bits per heavy atom. The van der Waals surface area contributed by atoms with Gasteiger partial charge in [-0.15, -0.1) is 0 Å². The van der Waals surface area contributed by atoms with Gasteiger partial charge in [-0.3, -0.25) is 4.72 Å². The van der Waals surface area contributed by atoms with E-state index in [-0.39, 0.29) is 16.1 Å². The SMILES string of the molecule is COc1ccc(S(=O)(=O)Nc2ccc(N3CCC(Cc4ccccc4)CC3)c(C(=O)O)c2)cc1. The van der Waals surface area contributed by atoms with Gasteiger partial charge in [-0.05, 0) is 73.2 Å². The third-order valence-electron chi connectivity index (χ3n) is 6.17. The fourth-order valence-corrected chi connectivity index (χ4v) is 5.39. The van der Waals surface area contributed by atoms with Crippen molar-refractivity contribution in [1.82, 2.24) is 0 Å². The van der Waals surface area contributed by atoms with Crippen molar-refractivity contribution in [3.63, 3.8) is 0 Å². The van der Waals surface area contributed by atoms with Crippen LogP contribution in [0, 0.1) is 5.92 Å². The maximum absolute atomic E-state index is 12.7. The molecule has 8 heteroatoms. The molecule has 3 aromatic carbocycles. The van der Waals surface area contributed by atoms with Gasteiger partial charge in [0.2, 0.25) is 0 Å². The minimum Gasteiger partial charge on any atom is -0.497 e. The molecule has 178 valence electrons. The number of aromatic carboxylic acids is 1. The van der Waals surface area contributed by atoms with E-state index in [1.54, 1.807) is 24.3 Å². The van der Waals surface area contributed by atoms with Gasteiger partial charge in [0, 0.05) is 18.8 Å². The molecule has 7 nitrogen and oxygen atoms in total. The summed E-state index contributed by atoms with van der Waals surface area (Å²) in [5.41, 5.74) is 2.21. The van der Waals surface area contributed by atoms with Gasteiger partial charge in [-0.2, -0.15) is 0 Å². The van der Waals surface area contributed by atoms with Crippen molar-refractivity contribution >= 4 is 27.4 Å². The average molecular weight is 481 g/mol. The van der Waals surface area contributed by atoms with Crippen molar-refractivity contribution in [2.45, 2.75) is 24.2 Å². The van der Waals surface area contributed by atoms with Gasteiger partial charge in [-0.25, -0.2) is 13.2 Å². The normalized spacial score (nSPS) is 14.6. The number of piperidine rings is 1. The van der Waals surface area contributed by atoms with Crippen LogP contribution in [0.15, 0.2) is 77.7 Å². The highest BCUT2D eigenvalue weighted by molar-refractivity contribution is 7.92. The first-order chi connectivity index (χ1) is 16.4. The molecular formula is C26H28N2O5S. The molecule has 1 saturated heterocycles. The molecule has 1 heterocycles. The van der Waals surface area contributed by atoms with E-state index < -0.39 is 16.0 Å². The average Bonchev–Trinajstić information content (AvgIpc) is 2.85. The van der Waals surface area contributed by atoms with Crippen LogP contribution < -0.4 is 14.4 Å². The maximum atomic E-state index is 12.7. The predicted octanol–water partition coefficient (Wildman–Crippen LogP) is 4.65. The number of rotatable bonds is 8. The zero-order valence-electron chi connectivity index (χ0n) is 19.0. The molecule has 0 radical (unpaired) electrons. The molecule has 4 rings (SSSR count). The topological polar surface area (TPSA) is 95.9 Å². The Labute approximate surface area is 200 Å². The predicted molar refractivity (Wildman–Crippen MR) is 132 cm³/mol. The summed E-state index contributed by atoms with van der Waals surface area (Å²) >= 11 is 0. The van der Waals surface area contributed by atoms with Crippen LogP contribution in [0.3, 0.4) is 0 Å². The summed E-state index contributed by atoms with van der Waals surface area (Å²) < 4.78 is 33.0. The molecule has 1 aliphatic rings. The smallest absolute Gasteiger partial charge is 0.337 e. The van der Waals surface area contributed by atoms with Gasteiger partial charge in [-0.1, -0.05) is 30.3 Å². The molecule has 0 unspecified atom stereocenters. The Balaban J connectivity index is 1.47. The molecule has 0 atom stereocenters. The van der Waals surface area contributed by atoms with Crippen LogP contribution in [0.4, 0.5) is 11.4 Å². The lowest BCUT2D eigenvalue weighted by Gasteiger charge is -2.34. The monoisotopic (exact) mass is 480 g/mol. The molecule has 0 bridgehead atoms. The molecule has 2 N–H and O–H groups in total. The number of hydrogen-bond acceptors (Lipinski definition) is 5. The molecular weight excluding hydrogens is 452 g/mol. The Morgan fingerprint density at radius 1 is 1.03 bits per heavy atom. The number of benzene rings is 3. The third kappa shape index (κ3) is 5.51. The van der Waals surface area contributed by atoms with E-state index in [9.17, 15) is 18.3 Å². The molecule has 0 aliphatic carbocycles. The number of hydrogen-bond donors (Lipinski definition) is 2. The number of carboxylic acids is 1. The van der Waals surface area contributed by atoms with Gasteiger partial charge in [0.25, 0.3) is 10.0 Å². The molecule has 1 aliphatic heterocycles. The Morgan fingerprint density at radius 2 is 1.71 bits per heavy atom. The fourth-order valence-electron chi connectivity index (χ4n) is 4.34. The van der Waals surface area contributed by atoms with Crippen molar-refractivity contribution < 1.29 is 23.1 Å². The molecule has 1 fully saturated rings. The van der Waals surface area contributed by atoms with Crippen molar-refractivity contribution in [2.75, 3.05) is 29.8 Å². The third-order valence-corrected chi connectivity index (χ3v) is 7.57. The second-order valence-corrected chi connectivity index (χ2v) is 10.1. The van der Waals surface area contributed by atoms with Crippen LogP contribution in [-0.4, -0.2) is 39.7 Å². The number of ether oxygens (including phenoxy) is 1. The number of methoxy groups -OCH3 is 1. The van der Waals surface area contributed by atoms with E-state index in [0.717, 1.165) is 32.4 Å². The van der Waals surface area contributed by atoms with E-state index in [1.807, 2.05) is 18.2 Å². The number of carboxylic acid groups (broad SMARTS) is 1. The van der Waals surface area contributed by atoms with Crippen LogP contribution in [0.25, 0.3) is 0 Å². The Bertz CT molecular complexity index is 1240. The quantitative estimate of drug-likeness (QED) is 0.487. The molecule has 34 heavy (non-hydrogen) atoms. The van der Waals surface area contributed by atoms with E-state index >= 15 is 0 Å². The van der Waals surface area contributed by atoms with Gasteiger partial charge in [0.1, 0.15) is 5.75 Å². The standard InChI is InChI=1S/C26H28N2O5S/c1-33-22-8-10-23(11-9-22)34(31,32)27-21-7-12-25(24(18-21)26(29)30)28-15-13-20(14-16-28)17-19-5-3-2-4-6-19/h2-12,18,20,27H,13-17H2,1H3,(H,29,30). The fraction of sp³-hybridized carbons (Fsp3) is 0.269. The van der Waals surface area contributed by atoms with Crippen LogP contribution in [0.2, 0.25) is 0 Å². The van der Waals surface area contributed by atoms with Gasteiger partial charge in [0.05, 0.1) is 23.3 Å². The van der Waals surface area contributed by atoms with Crippen molar-refractivity contribution in [3.8, 4) is 5.75 Å². The van der Waals surface area contributed by atoms with E-state index in [0.29, 0.717) is 17.4 Å². The molecule has 0 aromatic heterocycles. The van der Waals surface area contributed by atoms with Gasteiger partial charge in [0.15, 0.2) is 0 Å². The van der Waals surface area contributed by atoms with Crippen molar-refractivity contribution in [1.29, 1.82) is 0 Å². The Kier molecular flexibility index (Phi) is 7.07. The lowest BCUT2D eigenvalue weighted by Crippen LogP contribution is -2.35. The second-order valence-electron chi connectivity index (χ2n) is 8.44. The highest BCUT2D eigenvalue weighted by Gasteiger charge is 2.24. The highest BCUT2D eigenvalue weighted by Crippen LogP contribution is 2.31. The lowest BCUT2D eigenvalue weighted by atomic mass is 9.90.